The van der Waals surface area contributed by atoms with E-state index in [0.717, 1.165) is 0 Å². The topological polar surface area (TPSA) is 0 Å². The predicted octanol–water partition coefficient (Wildman–Crippen LogP) is 2.15. The first-order valence-corrected chi connectivity index (χ1v) is 3.93. The van der Waals surface area contributed by atoms with Crippen LogP contribution in [0.2, 0.25) is 5.28 Å². The zero-order chi connectivity index (χ0) is 5.54. The molecule has 0 bridgehead atoms. The Balaban J connectivity index is 2.45. The Kier molecular flexibility index (Phi) is 7.03. The molecule has 0 unspecified atom stereocenters. The van der Waals surface area contributed by atoms with Gasteiger partial charge in [0, 0.05) is 0 Å². The third-order valence-corrected chi connectivity index (χ3v) is 1.47. The molecule has 0 spiro atoms. The van der Waals surface area contributed by atoms with Crippen LogP contribution in [0.4, 0.5) is 0 Å². The summed E-state index contributed by atoms with van der Waals surface area (Å²) in [6.07, 6.45) is 5.57. The van der Waals surface area contributed by atoms with Gasteiger partial charge < -0.3 is 0 Å². The molecule has 7 heavy (non-hydrogen) atoms. The summed E-state index contributed by atoms with van der Waals surface area (Å²) >= 11 is 2.75. The van der Waals surface area contributed by atoms with Crippen molar-refractivity contribution in [3.63, 3.8) is 0 Å². The van der Waals surface area contributed by atoms with E-state index < -0.39 is 0 Å². The van der Waals surface area contributed by atoms with Crippen molar-refractivity contribution < 1.29 is 0 Å². The van der Waals surface area contributed by atoms with Crippen molar-refractivity contribution >= 4 is 16.3 Å². The van der Waals surface area contributed by atoms with E-state index in [2.05, 4.69) is 23.2 Å². The third-order valence-electron chi connectivity index (χ3n) is 1.06. The van der Waals surface area contributed by atoms with Gasteiger partial charge in [0.05, 0.1) is 0 Å². The zero-order valence-electron chi connectivity index (χ0n) is 5.11. The van der Waals surface area contributed by atoms with E-state index in [1.165, 1.54) is 31.0 Å². The molecule has 0 saturated carbocycles. The van der Waals surface area contributed by atoms with Gasteiger partial charge in [-0.15, -0.1) is 0 Å². The van der Waals surface area contributed by atoms with Crippen LogP contribution in [0.1, 0.15) is 32.6 Å². The van der Waals surface area contributed by atoms with Gasteiger partial charge in [-0.1, -0.05) is 0 Å². The van der Waals surface area contributed by atoms with Crippen molar-refractivity contribution in [3.05, 3.63) is 0 Å². The van der Waals surface area contributed by atoms with Crippen molar-refractivity contribution in [2.24, 2.45) is 0 Å². The first-order valence-electron chi connectivity index (χ1n) is 3.12. The molecule has 1 radical (unpaired) electrons. The normalized spacial score (nSPS) is 9.14. The summed E-state index contributed by atoms with van der Waals surface area (Å²) in [7, 11) is 0. The first kappa shape index (κ1) is 7.53. The van der Waals surface area contributed by atoms with Gasteiger partial charge in [-0.3, -0.25) is 0 Å². The molecule has 0 aliphatic carbocycles. The summed E-state index contributed by atoms with van der Waals surface area (Å²) in [5.74, 6) is 0. The zero-order valence-corrected chi connectivity index (χ0v) is 6.27. The Morgan fingerprint density at radius 2 is 1.86 bits per heavy atom. The van der Waals surface area contributed by atoms with Crippen molar-refractivity contribution in [2.45, 2.75) is 37.9 Å². The quantitative estimate of drug-likeness (QED) is 0.386. The van der Waals surface area contributed by atoms with Gasteiger partial charge in [0.25, 0.3) is 0 Å². The van der Waals surface area contributed by atoms with Crippen LogP contribution in [-0.4, -0.2) is 16.3 Å². The second kappa shape index (κ2) is 6.53. The fourth-order valence-corrected chi connectivity index (χ4v) is 0.860. The summed E-state index contributed by atoms with van der Waals surface area (Å²) in [5, 5.41) is 1.28. The molecule has 0 aliphatic rings. The van der Waals surface area contributed by atoms with Crippen LogP contribution in [0.3, 0.4) is 0 Å². The van der Waals surface area contributed by atoms with Crippen molar-refractivity contribution in [1.82, 2.24) is 0 Å². The van der Waals surface area contributed by atoms with E-state index in [1.54, 1.807) is 0 Å². The molecule has 0 saturated heterocycles. The minimum absolute atomic E-state index is 1.28. The monoisotopic (exact) mass is 112 g/mol. The van der Waals surface area contributed by atoms with Crippen LogP contribution in [0.25, 0.3) is 0 Å². The molecular weight excluding hydrogens is 99.0 g/mol. The average molecular weight is 112 g/mol. The molecule has 0 rings (SSSR count). The Morgan fingerprint density at radius 3 is 2.29 bits per heavy atom. The van der Waals surface area contributed by atoms with Crippen molar-refractivity contribution in [1.29, 1.82) is 0 Å². The summed E-state index contributed by atoms with van der Waals surface area (Å²) in [5.41, 5.74) is 0. The van der Waals surface area contributed by atoms with E-state index in [0.29, 0.717) is 0 Å². The van der Waals surface area contributed by atoms with Crippen molar-refractivity contribution in [2.75, 3.05) is 0 Å². The molecule has 0 aromatic heterocycles. The molecule has 0 N–H and O–H groups in total. The molecule has 0 aromatic rings. The standard InChI is InChI=1S/C6H13.Al/c1-3-5-6-4-2;/h1,3-6H2,2H3;/q;+1. The second-order valence-electron chi connectivity index (χ2n) is 1.85. The van der Waals surface area contributed by atoms with Crippen LogP contribution < -0.4 is 0 Å². The van der Waals surface area contributed by atoms with Gasteiger partial charge in [0.15, 0.2) is 0 Å². The van der Waals surface area contributed by atoms with Gasteiger partial charge in [-0.2, -0.15) is 0 Å². The maximum absolute atomic E-state index is 2.75. The molecule has 39 valence electrons. The number of rotatable bonds is 4. The second-order valence-corrected chi connectivity index (χ2v) is 2.43. The Bertz CT molecular complexity index is 23.4. The van der Waals surface area contributed by atoms with Crippen LogP contribution >= 0.6 is 0 Å². The summed E-state index contributed by atoms with van der Waals surface area (Å²) in [6, 6.07) is 0. The van der Waals surface area contributed by atoms with Gasteiger partial charge in [0.1, 0.15) is 0 Å². The number of hydrogen-bond acceptors (Lipinski definition) is 0. The predicted molar refractivity (Wildman–Crippen MR) is 34.7 cm³/mol. The van der Waals surface area contributed by atoms with Crippen LogP contribution in [0.5, 0.6) is 0 Å². The van der Waals surface area contributed by atoms with Gasteiger partial charge in [-0.25, -0.2) is 0 Å². The summed E-state index contributed by atoms with van der Waals surface area (Å²) in [6.45, 7) is 2.24. The Hall–Kier alpha value is 0.532. The third kappa shape index (κ3) is 6.53. The van der Waals surface area contributed by atoms with Gasteiger partial charge >= 0.3 is 54.2 Å². The fourth-order valence-electron chi connectivity index (χ4n) is 0.571. The SMILES string of the molecule is CCCCC[CH2][Al+]. The van der Waals surface area contributed by atoms with Crippen LogP contribution in [-0.2, 0) is 0 Å². The molecule has 0 fully saturated rings. The Labute approximate surface area is 54.7 Å². The first-order chi connectivity index (χ1) is 3.41. The van der Waals surface area contributed by atoms with E-state index in [1.807, 2.05) is 0 Å². The minimum atomic E-state index is 1.28. The summed E-state index contributed by atoms with van der Waals surface area (Å²) < 4.78 is 0. The molecule has 0 aliphatic heterocycles. The number of hydrogen-bond donors (Lipinski definition) is 0. The average Bonchev–Trinajstić information content (AvgIpc) is 1.69. The van der Waals surface area contributed by atoms with Crippen molar-refractivity contribution in [3.8, 4) is 0 Å². The molecule has 0 amide bonds. The molecule has 0 nitrogen and oxygen atoms in total. The molecule has 1 heteroatoms. The Morgan fingerprint density at radius 1 is 1.14 bits per heavy atom. The number of unbranched alkanes of at least 4 members (excludes halogenated alkanes) is 3. The van der Waals surface area contributed by atoms with Gasteiger partial charge in [0.2, 0.25) is 0 Å². The van der Waals surface area contributed by atoms with E-state index >= 15 is 0 Å². The van der Waals surface area contributed by atoms with E-state index in [4.69, 9.17) is 0 Å². The molecular formula is C6H13Al+. The van der Waals surface area contributed by atoms with E-state index in [9.17, 15) is 0 Å². The fraction of sp³-hybridized carbons (Fsp3) is 1.00. The maximum atomic E-state index is 2.75. The molecule has 0 aromatic carbocycles. The van der Waals surface area contributed by atoms with Gasteiger partial charge in [-0.05, 0) is 0 Å². The van der Waals surface area contributed by atoms with Crippen LogP contribution in [0, 0.1) is 0 Å². The van der Waals surface area contributed by atoms with E-state index in [-0.39, 0.29) is 0 Å². The summed E-state index contributed by atoms with van der Waals surface area (Å²) in [4.78, 5) is 0. The van der Waals surface area contributed by atoms with Crippen LogP contribution in [0.15, 0.2) is 0 Å². The molecule has 0 atom stereocenters. The molecule has 0 heterocycles.